The SMILES string of the molecule is CC(C)(C)C(Cn1ccnc1)NCc1c(Cl)cccc1Cl. The number of nitrogens with zero attached hydrogens (tertiary/aromatic N) is 2. The van der Waals surface area contributed by atoms with E-state index in [1.165, 1.54) is 0 Å². The van der Waals surface area contributed by atoms with Gasteiger partial charge in [-0.3, -0.25) is 0 Å². The summed E-state index contributed by atoms with van der Waals surface area (Å²) in [6, 6.07) is 5.87. The highest BCUT2D eigenvalue weighted by Crippen LogP contribution is 2.26. The molecule has 0 saturated heterocycles. The summed E-state index contributed by atoms with van der Waals surface area (Å²) in [6.45, 7) is 8.15. The zero-order chi connectivity index (χ0) is 15.5. The zero-order valence-corrected chi connectivity index (χ0v) is 14.1. The Morgan fingerprint density at radius 2 is 1.90 bits per heavy atom. The monoisotopic (exact) mass is 325 g/mol. The average molecular weight is 326 g/mol. The maximum atomic E-state index is 6.23. The van der Waals surface area contributed by atoms with E-state index in [-0.39, 0.29) is 11.5 Å². The van der Waals surface area contributed by atoms with Gasteiger partial charge in [-0.25, -0.2) is 4.98 Å². The molecule has 0 fully saturated rings. The lowest BCUT2D eigenvalue weighted by Crippen LogP contribution is -2.43. The lowest BCUT2D eigenvalue weighted by molar-refractivity contribution is 0.240. The number of nitrogens with one attached hydrogen (secondary N) is 1. The molecule has 21 heavy (non-hydrogen) atoms. The molecule has 1 aromatic heterocycles. The molecule has 1 aromatic carbocycles. The maximum absolute atomic E-state index is 6.23. The Kier molecular flexibility index (Phi) is 5.31. The molecule has 0 bridgehead atoms. The van der Waals surface area contributed by atoms with Crippen LogP contribution >= 0.6 is 23.2 Å². The molecule has 1 N–H and O–H groups in total. The predicted octanol–water partition coefficient (Wildman–Crippen LogP) is 4.39. The molecule has 1 unspecified atom stereocenters. The topological polar surface area (TPSA) is 29.9 Å². The first-order valence-electron chi connectivity index (χ1n) is 7.00. The first-order valence-corrected chi connectivity index (χ1v) is 7.75. The van der Waals surface area contributed by atoms with Crippen molar-refractivity contribution >= 4 is 23.2 Å². The van der Waals surface area contributed by atoms with Gasteiger partial charge in [0, 0.05) is 47.1 Å². The summed E-state index contributed by atoms with van der Waals surface area (Å²) >= 11 is 12.5. The molecular weight excluding hydrogens is 305 g/mol. The van der Waals surface area contributed by atoms with Gasteiger partial charge in [-0.2, -0.15) is 0 Å². The molecule has 0 aliphatic rings. The van der Waals surface area contributed by atoms with Crippen molar-refractivity contribution in [3.8, 4) is 0 Å². The molecule has 2 aromatic rings. The second kappa shape index (κ2) is 6.82. The number of benzene rings is 1. The van der Waals surface area contributed by atoms with E-state index in [0.29, 0.717) is 16.6 Å². The van der Waals surface area contributed by atoms with Crippen molar-refractivity contribution in [2.45, 2.75) is 39.9 Å². The van der Waals surface area contributed by atoms with E-state index < -0.39 is 0 Å². The summed E-state index contributed by atoms with van der Waals surface area (Å²) < 4.78 is 2.08. The fourth-order valence-corrected chi connectivity index (χ4v) is 2.71. The van der Waals surface area contributed by atoms with E-state index in [1.807, 2.05) is 30.7 Å². The molecular formula is C16H21Cl2N3. The summed E-state index contributed by atoms with van der Waals surface area (Å²) in [7, 11) is 0. The molecule has 0 radical (unpaired) electrons. The molecule has 0 spiro atoms. The van der Waals surface area contributed by atoms with Crippen LogP contribution in [0.25, 0.3) is 0 Å². The third kappa shape index (κ3) is 4.47. The van der Waals surface area contributed by atoms with Crippen molar-refractivity contribution in [3.05, 3.63) is 52.5 Å². The number of hydrogen-bond acceptors (Lipinski definition) is 2. The van der Waals surface area contributed by atoms with Crippen molar-refractivity contribution in [1.29, 1.82) is 0 Å². The van der Waals surface area contributed by atoms with Crippen molar-refractivity contribution < 1.29 is 0 Å². The highest BCUT2D eigenvalue weighted by molar-refractivity contribution is 6.35. The van der Waals surface area contributed by atoms with Crippen molar-refractivity contribution in [2.75, 3.05) is 0 Å². The Labute approximate surface area is 136 Å². The quantitative estimate of drug-likeness (QED) is 0.883. The Hall–Kier alpha value is -1.03. The number of imidazole rings is 1. The second-order valence-electron chi connectivity index (χ2n) is 6.26. The minimum absolute atomic E-state index is 0.109. The van der Waals surface area contributed by atoms with Gasteiger partial charge < -0.3 is 9.88 Å². The average Bonchev–Trinajstić information content (AvgIpc) is 2.88. The van der Waals surface area contributed by atoms with Crippen LogP contribution in [0.3, 0.4) is 0 Å². The lowest BCUT2D eigenvalue weighted by Gasteiger charge is -2.32. The molecule has 114 valence electrons. The minimum atomic E-state index is 0.109. The van der Waals surface area contributed by atoms with Crippen molar-refractivity contribution in [2.24, 2.45) is 5.41 Å². The first kappa shape index (κ1) is 16.3. The molecule has 0 saturated carbocycles. The Balaban J connectivity index is 2.09. The fraction of sp³-hybridized carbons (Fsp3) is 0.438. The third-order valence-corrected chi connectivity index (χ3v) is 4.29. The summed E-state index contributed by atoms with van der Waals surface area (Å²) in [5, 5.41) is 4.98. The van der Waals surface area contributed by atoms with E-state index >= 15 is 0 Å². The molecule has 0 amide bonds. The standard InChI is InChI=1S/C16H21Cl2N3/c1-16(2,3)15(10-21-8-7-19-11-21)20-9-12-13(17)5-4-6-14(12)18/h4-8,11,15,20H,9-10H2,1-3H3. The molecule has 1 heterocycles. The van der Waals surface area contributed by atoms with E-state index in [2.05, 4.69) is 35.6 Å². The van der Waals surface area contributed by atoms with E-state index in [0.717, 1.165) is 12.1 Å². The van der Waals surface area contributed by atoms with Crippen LogP contribution in [-0.2, 0) is 13.1 Å². The zero-order valence-electron chi connectivity index (χ0n) is 12.6. The van der Waals surface area contributed by atoms with Gasteiger partial charge in [0.05, 0.1) is 6.33 Å². The van der Waals surface area contributed by atoms with Gasteiger partial charge in [-0.15, -0.1) is 0 Å². The molecule has 0 aliphatic heterocycles. The lowest BCUT2D eigenvalue weighted by atomic mass is 9.86. The van der Waals surface area contributed by atoms with Gasteiger partial charge in [0.25, 0.3) is 0 Å². The predicted molar refractivity (Wildman–Crippen MR) is 88.8 cm³/mol. The highest BCUT2D eigenvalue weighted by Gasteiger charge is 2.24. The third-order valence-electron chi connectivity index (χ3n) is 3.58. The summed E-state index contributed by atoms with van der Waals surface area (Å²) in [5.74, 6) is 0. The first-order chi connectivity index (χ1) is 9.88. The highest BCUT2D eigenvalue weighted by atomic mass is 35.5. The van der Waals surface area contributed by atoms with Crippen LogP contribution in [0.2, 0.25) is 10.0 Å². The van der Waals surface area contributed by atoms with Gasteiger partial charge in [-0.05, 0) is 17.5 Å². The van der Waals surface area contributed by atoms with Crippen LogP contribution in [-0.4, -0.2) is 15.6 Å². The van der Waals surface area contributed by atoms with Gasteiger partial charge in [0.1, 0.15) is 0 Å². The molecule has 0 aliphatic carbocycles. The van der Waals surface area contributed by atoms with Crippen molar-refractivity contribution in [1.82, 2.24) is 14.9 Å². The number of hydrogen-bond donors (Lipinski definition) is 1. The maximum Gasteiger partial charge on any atom is 0.0946 e. The Morgan fingerprint density at radius 3 is 2.43 bits per heavy atom. The summed E-state index contributed by atoms with van der Waals surface area (Å²) in [4.78, 5) is 4.10. The Bertz CT molecular complexity index is 553. The van der Waals surface area contributed by atoms with Crippen molar-refractivity contribution in [3.63, 3.8) is 0 Å². The van der Waals surface area contributed by atoms with E-state index in [4.69, 9.17) is 23.2 Å². The van der Waals surface area contributed by atoms with E-state index in [1.54, 1.807) is 6.20 Å². The smallest absolute Gasteiger partial charge is 0.0946 e. The van der Waals surface area contributed by atoms with Gasteiger partial charge in [-0.1, -0.05) is 50.0 Å². The van der Waals surface area contributed by atoms with Gasteiger partial charge >= 0.3 is 0 Å². The fourth-order valence-electron chi connectivity index (χ4n) is 2.18. The van der Waals surface area contributed by atoms with Crippen LogP contribution in [0.15, 0.2) is 36.9 Å². The summed E-state index contributed by atoms with van der Waals surface area (Å²) in [5.41, 5.74) is 1.05. The second-order valence-corrected chi connectivity index (χ2v) is 7.07. The van der Waals surface area contributed by atoms with Gasteiger partial charge in [0.15, 0.2) is 0 Å². The van der Waals surface area contributed by atoms with Crippen LogP contribution < -0.4 is 5.32 Å². The summed E-state index contributed by atoms with van der Waals surface area (Å²) in [6.07, 6.45) is 5.61. The van der Waals surface area contributed by atoms with Crippen LogP contribution in [0.4, 0.5) is 0 Å². The molecule has 1 atom stereocenters. The molecule has 2 rings (SSSR count). The molecule has 5 heteroatoms. The van der Waals surface area contributed by atoms with Gasteiger partial charge in [0.2, 0.25) is 0 Å². The van der Waals surface area contributed by atoms with Crippen LogP contribution in [0, 0.1) is 5.41 Å². The van der Waals surface area contributed by atoms with Crippen LogP contribution in [0.1, 0.15) is 26.3 Å². The number of halogens is 2. The molecule has 3 nitrogen and oxygen atoms in total. The number of aromatic nitrogens is 2. The largest absolute Gasteiger partial charge is 0.336 e. The normalized spacial score (nSPS) is 13.4. The number of rotatable bonds is 5. The van der Waals surface area contributed by atoms with E-state index in [9.17, 15) is 0 Å². The Morgan fingerprint density at radius 1 is 1.24 bits per heavy atom. The van der Waals surface area contributed by atoms with Crippen LogP contribution in [0.5, 0.6) is 0 Å². The minimum Gasteiger partial charge on any atom is -0.336 e.